The van der Waals surface area contributed by atoms with Gasteiger partial charge in [0.2, 0.25) is 0 Å². The minimum atomic E-state index is -0.283. The summed E-state index contributed by atoms with van der Waals surface area (Å²) < 4.78 is 7.81. The summed E-state index contributed by atoms with van der Waals surface area (Å²) in [5, 5.41) is 0. The van der Waals surface area contributed by atoms with Crippen molar-refractivity contribution in [2.24, 2.45) is 0 Å². The van der Waals surface area contributed by atoms with Gasteiger partial charge in [-0.25, -0.2) is 4.79 Å². The van der Waals surface area contributed by atoms with Crippen molar-refractivity contribution in [1.82, 2.24) is 3.53 Å². The van der Waals surface area contributed by atoms with E-state index in [4.69, 9.17) is 0 Å². The number of carbonyl (C=O) groups is 1. The molecule has 0 aliphatic carbocycles. The molecule has 0 spiro atoms. The number of nitrogens with one attached hydrogen (secondary N) is 1. The monoisotopic (exact) mass is 355 g/mol. The number of methoxy groups -OCH3 is 1. The van der Waals surface area contributed by atoms with E-state index in [1.807, 2.05) is 19.1 Å². The van der Waals surface area contributed by atoms with Crippen molar-refractivity contribution in [3.05, 3.63) is 34.9 Å². The molecule has 5 heteroatoms. The first-order chi connectivity index (χ1) is 7.10. The van der Waals surface area contributed by atoms with E-state index in [0.29, 0.717) is 5.56 Å². The maximum Gasteiger partial charge on any atom is 0.338 e. The molecule has 0 radical (unpaired) electrons. The van der Waals surface area contributed by atoms with Gasteiger partial charge in [-0.1, -0.05) is 12.1 Å². The molecule has 0 aliphatic rings. The van der Waals surface area contributed by atoms with Crippen molar-refractivity contribution in [2.45, 2.75) is 19.9 Å². The summed E-state index contributed by atoms with van der Waals surface area (Å²) in [5.41, 5.74) is 2.73. The van der Waals surface area contributed by atoms with Gasteiger partial charge in [0.05, 0.1) is 12.7 Å². The Balaban J connectivity index is 0.00000225. The molecule has 0 saturated carbocycles. The van der Waals surface area contributed by atoms with Crippen LogP contribution in [0.5, 0.6) is 0 Å². The number of esters is 1. The third-order valence-corrected chi connectivity index (χ3v) is 3.25. The number of benzene rings is 1. The Hall–Kier alpha value is -0.330. The number of hydrogen-bond acceptors (Lipinski definition) is 3. The predicted molar refractivity (Wildman–Crippen MR) is 75.3 cm³/mol. The van der Waals surface area contributed by atoms with Crippen LogP contribution in [0.4, 0.5) is 0 Å². The third kappa shape index (κ3) is 3.61. The summed E-state index contributed by atoms with van der Waals surface area (Å²) in [4.78, 5) is 11.3. The topological polar surface area (TPSA) is 38.3 Å². The van der Waals surface area contributed by atoms with Crippen LogP contribution in [0.3, 0.4) is 0 Å². The molecule has 1 aromatic carbocycles. The number of halogens is 2. The van der Waals surface area contributed by atoms with Gasteiger partial charge in [0.1, 0.15) is 0 Å². The number of ether oxygens (including phenoxy) is 1. The average Bonchev–Trinajstić information content (AvgIpc) is 2.26. The minimum Gasteiger partial charge on any atom is -0.465 e. The quantitative estimate of drug-likeness (QED) is 0.514. The summed E-state index contributed by atoms with van der Waals surface area (Å²) >= 11 is 2.12. The predicted octanol–water partition coefficient (Wildman–Crippen LogP) is 3.20. The van der Waals surface area contributed by atoms with Crippen molar-refractivity contribution >= 4 is 41.2 Å². The van der Waals surface area contributed by atoms with Crippen LogP contribution >= 0.6 is 35.3 Å². The first kappa shape index (κ1) is 15.7. The molecular weight excluding hydrogens is 340 g/mol. The molecule has 16 heavy (non-hydrogen) atoms. The Morgan fingerprint density at radius 2 is 2.12 bits per heavy atom. The van der Waals surface area contributed by atoms with Crippen LogP contribution in [0.1, 0.15) is 34.5 Å². The van der Waals surface area contributed by atoms with Crippen LogP contribution in [0, 0.1) is 6.92 Å². The van der Waals surface area contributed by atoms with Crippen LogP contribution in [-0.4, -0.2) is 13.1 Å². The van der Waals surface area contributed by atoms with Gasteiger partial charge in [-0.05, 0) is 31.0 Å². The van der Waals surface area contributed by atoms with Crippen molar-refractivity contribution in [3.63, 3.8) is 0 Å². The second-order valence-corrected chi connectivity index (χ2v) is 4.02. The third-order valence-electron chi connectivity index (χ3n) is 2.32. The van der Waals surface area contributed by atoms with Gasteiger partial charge in [0, 0.05) is 28.9 Å². The molecule has 0 bridgehead atoms. The second-order valence-electron chi connectivity index (χ2n) is 3.40. The Kier molecular flexibility index (Phi) is 6.94. The van der Waals surface area contributed by atoms with E-state index in [2.05, 4.69) is 38.1 Å². The highest BCUT2D eigenvalue weighted by Crippen LogP contribution is 2.18. The van der Waals surface area contributed by atoms with E-state index in [9.17, 15) is 4.79 Å². The van der Waals surface area contributed by atoms with Gasteiger partial charge in [0.15, 0.2) is 0 Å². The number of aryl methyl sites for hydroxylation is 1. The molecule has 90 valence electrons. The molecule has 1 unspecified atom stereocenters. The van der Waals surface area contributed by atoms with Gasteiger partial charge in [-0.15, -0.1) is 12.4 Å². The molecule has 1 rings (SSSR count). The van der Waals surface area contributed by atoms with Gasteiger partial charge < -0.3 is 4.74 Å². The lowest BCUT2D eigenvalue weighted by atomic mass is 10.0. The average molecular weight is 356 g/mol. The van der Waals surface area contributed by atoms with Crippen molar-refractivity contribution in [1.29, 1.82) is 0 Å². The zero-order valence-corrected chi connectivity index (χ0v) is 12.4. The highest BCUT2D eigenvalue weighted by molar-refractivity contribution is 14.1. The molecule has 0 heterocycles. The van der Waals surface area contributed by atoms with E-state index in [1.165, 1.54) is 7.11 Å². The molecule has 1 atom stereocenters. The molecule has 0 saturated heterocycles. The Labute approximate surface area is 116 Å². The fraction of sp³-hybridized carbons (Fsp3) is 0.364. The molecule has 0 amide bonds. The van der Waals surface area contributed by atoms with Gasteiger partial charge in [0.25, 0.3) is 0 Å². The lowest BCUT2D eigenvalue weighted by molar-refractivity contribution is 0.0600. The molecule has 3 nitrogen and oxygen atoms in total. The molecule has 0 fully saturated rings. The standard InChI is InChI=1S/C11H14INO2.ClH/c1-7-6-9(8(2)13-12)4-5-10(7)11(14)15-3;/h4-6,8,13H,1-3H3;1H. The normalized spacial score (nSPS) is 11.5. The second kappa shape index (κ2) is 7.09. The van der Waals surface area contributed by atoms with Crippen molar-refractivity contribution in [3.8, 4) is 0 Å². The summed E-state index contributed by atoms with van der Waals surface area (Å²) in [6, 6.07) is 6.02. The van der Waals surface area contributed by atoms with Crippen LogP contribution in [0.15, 0.2) is 18.2 Å². The summed E-state index contributed by atoms with van der Waals surface area (Å²) in [6.07, 6.45) is 0. The smallest absolute Gasteiger partial charge is 0.338 e. The summed E-state index contributed by atoms with van der Waals surface area (Å²) in [5.74, 6) is -0.283. The van der Waals surface area contributed by atoms with E-state index >= 15 is 0 Å². The minimum absolute atomic E-state index is 0. The molecule has 0 aliphatic heterocycles. The molecule has 0 aromatic heterocycles. The van der Waals surface area contributed by atoms with Crippen LogP contribution in [0.25, 0.3) is 0 Å². The Morgan fingerprint density at radius 3 is 2.56 bits per heavy atom. The van der Waals surface area contributed by atoms with Gasteiger partial charge in [-0.3, -0.25) is 3.53 Å². The first-order valence-corrected chi connectivity index (χ1v) is 5.73. The number of hydrogen-bond donors (Lipinski definition) is 1. The van der Waals surface area contributed by atoms with Gasteiger partial charge >= 0.3 is 5.97 Å². The first-order valence-electron chi connectivity index (χ1n) is 4.65. The number of rotatable bonds is 3. The van der Waals surface area contributed by atoms with Crippen molar-refractivity contribution < 1.29 is 9.53 Å². The van der Waals surface area contributed by atoms with Crippen LogP contribution < -0.4 is 3.53 Å². The molecular formula is C11H15ClINO2. The van der Waals surface area contributed by atoms with Crippen LogP contribution in [0.2, 0.25) is 0 Å². The summed E-state index contributed by atoms with van der Waals surface area (Å²) in [7, 11) is 1.39. The fourth-order valence-electron chi connectivity index (χ4n) is 1.36. The van der Waals surface area contributed by atoms with Gasteiger partial charge in [-0.2, -0.15) is 0 Å². The highest BCUT2D eigenvalue weighted by atomic mass is 127. The maximum atomic E-state index is 11.3. The maximum absolute atomic E-state index is 11.3. The number of carbonyl (C=O) groups excluding carboxylic acids is 1. The van der Waals surface area contributed by atoms with Crippen LogP contribution in [-0.2, 0) is 4.74 Å². The zero-order valence-electron chi connectivity index (χ0n) is 9.41. The SMILES string of the molecule is COC(=O)c1ccc(C(C)NI)cc1C.Cl. The molecule has 1 N–H and O–H groups in total. The Bertz CT molecular complexity index is 371. The highest BCUT2D eigenvalue weighted by Gasteiger charge is 2.11. The largest absolute Gasteiger partial charge is 0.465 e. The van der Waals surface area contributed by atoms with E-state index in [1.54, 1.807) is 6.07 Å². The Morgan fingerprint density at radius 1 is 1.50 bits per heavy atom. The van der Waals surface area contributed by atoms with E-state index in [0.717, 1.165) is 11.1 Å². The van der Waals surface area contributed by atoms with E-state index < -0.39 is 0 Å². The summed E-state index contributed by atoms with van der Waals surface area (Å²) in [6.45, 7) is 3.98. The lowest BCUT2D eigenvalue weighted by Gasteiger charge is -2.11. The fourth-order valence-corrected chi connectivity index (χ4v) is 1.72. The van der Waals surface area contributed by atoms with E-state index in [-0.39, 0.29) is 24.4 Å². The zero-order chi connectivity index (χ0) is 11.4. The molecule has 1 aromatic rings. The van der Waals surface area contributed by atoms with Crippen molar-refractivity contribution in [2.75, 3.05) is 7.11 Å². The lowest BCUT2D eigenvalue weighted by Crippen LogP contribution is -2.08.